The Morgan fingerprint density at radius 1 is 1.24 bits per heavy atom. The summed E-state index contributed by atoms with van der Waals surface area (Å²) in [6, 6.07) is 6.02. The molecule has 1 fully saturated rings. The summed E-state index contributed by atoms with van der Waals surface area (Å²) in [7, 11) is 0. The average molecular weight is 421 g/mol. The van der Waals surface area contributed by atoms with Gasteiger partial charge in [-0.2, -0.15) is 11.8 Å². The van der Waals surface area contributed by atoms with Crippen molar-refractivity contribution in [2.75, 3.05) is 37.9 Å². The zero-order valence-electron chi connectivity index (χ0n) is 11.8. The van der Waals surface area contributed by atoms with Crippen molar-refractivity contribution in [3.8, 4) is 11.5 Å². The third kappa shape index (κ3) is 4.32. The van der Waals surface area contributed by atoms with Crippen molar-refractivity contribution < 1.29 is 9.47 Å². The van der Waals surface area contributed by atoms with E-state index < -0.39 is 0 Å². The first-order valence-electron chi connectivity index (χ1n) is 6.84. The Morgan fingerprint density at radius 3 is 2.81 bits per heavy atom. The molecule has 0 aliphatic carbocycles. The van der Waals surface area contributed by atoms with Crippen LogP contribution in [0.25, 0.3) is 0 Å². The molecule has 0 radical (unpaired) electrons. The molecule has 0 amide bonds. The van der Waals surface area contributed by atoms with Crippen LogP contribution in [0.15, 0.2) is 23.2 Å². The highest BCUT2D eigenvalue weighted by Gasteiger charge is 2.14. The number of aliphatic imine (C=N–C) groups is 1. The number of nitrogens with two attached hydrogens (primary N) is 1. The van der Waals surface area contributed by atoms with E-state index in [1.165, 1.54) is 5.56 Å². The fraction of sp³-hybridized carbons (Fsp3) is 0.500. The molecule has 2 aliphatic rings. The number of hydrogen-bond donors (Lipinski definition) is 1. The van der Waals surface area contributed by atoms with Crippen LogP contribution in [0, 0.1) is 0 Å². The molecule has 116 valence electrons. The first-order chi connectivity index (χ1) is 9.83. The predicted octanol–water partition coefficient (Wildman–Crippen LogP) is 1.94. The molecule has 5 nitrogen and oxygen atoms in total. The maximum Gasteiger partial charge on any atom is 0.231 e. The highest BCUT2D eigenvalue weighted by Crippen LogP contribution is 2.32. The van der Waals surface area contributed by atoms with E-state index in [1.54, 1.807) is 0 Å². The molecule has 2 heterocycles. The number of hydrogen-bond acceptors (Lipinski definition) is 4. The standard InChI is InChI=1S/C14H19N3O2S.HI/c15-14(17-5-7-20-8-6-17)16-4-3-11-1-2-12-13(9-11)19-10-18-12;/h1-2,9H,3-8,10H2,(H2,15,16);1H. The van der Waals surface area contributed by atoms with Gasteiger partial charge in [-0.15, -0.1) is 24.0 Å². The van der Waals surface area contributed by atoms with Gasteiger partial charge in [0.2, 0.25) is 6.79 Å². The lowest BCUT2D eigenvalue weighted by atomic mass is 10.1. The number of guanidine groups is 1. The maximum atomic E-state index is 6.02. The van der Waals surface area contributed by atoms with Crippen molar-refractivity contribution in [2.45, 2.75) is 6.42 Å². The molecular formula is C14H20IN3O2S. The molecule has 7 heteroatoms. The summed E-state index contributed by atoms with van der Waals surface area (Å²) in [4.78, 5) is 6.64. The third-order valence-corrected chi connectivity index (χ3v) is 4.39. The van der Waals surface area contributed by atoms with E-state index in [-0.39, 0.29) is 24.0 Å². The monoisotopic (exact) mass is 421 g/mol. The van der Waals surface area contributed by atoms with Crippen LogP contribution in [0.3, 0.4) is 0 Å². The maximum absolute atomic E-state index is 6.02. The second-order valence-electron chi connectivity index (χ2n) is 4.78. The molecule has 3 rings (SSSR count). The molecule has 1 aromatic carbocycles. The van der Waals surface area contributed by atoms with E-state index >= 15 is 0 Å². The summed E-state index contributed by atoms with van der Waals surface area (Å²) < 4.78 is 10.7. The lowest BCUT2D eigenvalue weighted by molar-refractivity contribution is 0.174. The Hall–Kier alpha value is -0.830. The Kier molecular flexibility index (Phi) is 6.28. The van der Waals surface area contributed by atoms with Crippen molar-refractivity contribution in [1.82, 2.24) is 4.90 Å². The van der Waals surface area contributed by atoms with E-state index in [1.807, 2.05) is 23.9 Å². The van der Waals surface area contributed by atoms with Gasteiger partial charge in [-0.25, -0.2) is 0 Å². The third-order valence-electron chi connectivity index (χ3n) is 3.45. The molecule has 0 bridgehead atoms. The van der Waals surface area contributed by atoms with E-state index in [0.29, 0.717) is 19.3 Å². The Balaban J connectivity index is 0.00000161. The van der Waals surface area contributed by atoms with E-state index in [4.69, 9.17) is 15.2 Å². The molecule has 0 unspecified atom stereocenters. The normalized spacial score (nSPS) is 17.5. The number of fused-ring (bicyclic) bond motifs is 1. The summed E-state index contributed by atoms with van der Waals surface area (Å²) in [5.41, 5.74) is 7.22. The van der Waals surface area contributed by atoms with Gasteiger partial charge < -0.3 is 20.1 Å². The quantitative estimate of drug-likeness (QED) is 0.459. The van der Waals surface area contributed by atoms with Crippen LogP contribution in [0.4, 0.5) is 0 Å². The number of benzene rings is 1. The average Bonchev–Trinajstić information content (AvgIpc) is 2.95. The molecule has 1 saturated heterocycles. The molecule has 0 saturated carbocycles. The lowest BCUT2D eigenvalue weighted by Gasteiger charge is -2.27. The van der Waals surface area contributed by atoms with Gasteiger partial charge >= 0.3 is 0 Å². The van der Waals surface area contributed by atoms with Crippen LogP contribution < -0.4 is 15.2 Å². The molecule has 2 aliphatic heterocycles. The number of nitrogens with zero attached hydrogens (tertiary/aromatic N) is 2. The minimum absolute atomic E-state index is 0. The smallest absolute Gasteiger partial charge is 0.231 e. The van der Waals surface area contributed by atoms with Gasteiger partial charge in [-0.3, -0.25) is 4.99 Å². The summed E-state index contributed by atoms with van der Waals surface area (Å²) in [5.74, 6) is 4.60. The number of halogens is 1. The number of thioether (sulfide) groups is 1. The van der Waals surface area contributed by atoms with Gasteiger partial charge in [-0.05, 0) is 24.1 Å². The van der Waals surface area contributed by atoms with Crippen molar-refractivity contribution in [3.05, 3.63) is 23.8 Å². The van der Waals surface area contributed by atoms with E-state index in [0.717, 1.165) is 42.5 Å². The van der Waals surface area contributed by atoms with Crippen LogP contribution in [0.2, 0.25) is 0 Å². The Morgan fingerprint density at radius 2 is 2.00 bits per heavy atom. The number of rotatable bonds is 3. The Bertz CT molecular complexity index is 507. The first kappa shape index (κ1) is 16.5. The fourth-order valence-corrected chi connectivity index (χ4v) is 3.19. The van der Waals surface area contributed by atoms with Crippen LogP contribution in [0.1, 0.15) is 5.56 Å². The van der Waals surface area contributed by atoms with Crippen molar-refractivity contribution >= 4 is 41.7 Å². The fourth-order valence-electron chi connectivity index (χ4n) is 2.29. The topological polar surface area (TPSA) is 60.1 Å². The summed E-state index contributed by atoms with van der Waals surface area (Å²) in [5, 5.41) is 0. The van der Waals surface area contributed by atoms with Crippen LogP contribution in [-0.2, 0) is 6.42 Å². The predicted molar refractivity (Wildman–Crippen MR) is 97.1 cm³/mol. The van der Waals surface area contributed by atoms with Gasteiger partial charge in [0.25, 0.3) is 0 Å². The zero-order chi connectivity index (χ0) is 13.8. The molecular weight excluding hydrogens is 401 g/mol. The highest BCUT2D eigenvalue weighted by atomic mass is 127. The van der Waals surface area contributed by atoms with Gasteiger partial charge in [0.1, 0.15) is 0 Å². The second-order valence-corrected chi connectivity index (χ2v) is 6.00. The van der Waals surface area contributed by atoms with Crippen LogP contribution in [0.5, 0.6) is 11.5 Å². The Labute approximate surface area is 146 Å². The van der Waals surface area contributed by atoms with Crippen LogP contribution in [-0.4, -0.2) is 48.8 Å². The molecule has 1 aromatic rings. The second kappa shape index (κ2) is 7.98. The van der Waals surface area contributed by atoms with Gasteiger partial charge in [-0.1, -0.05) is 6.07 Å². The largest absolute Gasteiger partial charge is 0.454 e. The number of ether oxygens (including phenoxy) is 2. The molecule has 21 heavy (non-hydrogen) atoms. The van der Waals surface area contributed by atoms with E-state index in [9.17, 15) is 0 Å². The zero-order valence-corrected chi connectivity index (χ0v) is 14.9. The van der Waals surface area contributed by atoms with Crippen molar-refractivity contribution in [1.29, 1.82) is 0 Å². The molecule has 0 spiro atoms. The van der Waals surface area contributed by atoms with Crippen molar-refractivity contribution in [2.24, 2.45) is 10.7 Å². The minimum Gasteiger partial charge on any atom is -0.454 e. The molecule has 2 N–H and O–H groups in total. The molecule has 0 atom stereocenters. The summed E-state index contributed by atoms with van der Waals surface area (Å²) >= 11 is 1.97. The van der Waals surface area contributed by atoms with Gasteiger partial charge in [0.05, 0.1) is 0 Å². The lowest BCUT2D eigenvalue weighted by Crippen LogP contribution is -2.42. The highest BCUT2D eigenvalue weighted by molar-refractivity contribution is 14.0. The van der Waals surface area contributed by atoms with Gasteiger partial charge in [0.15, 0.2) is 17.5 Å². The van der Waals surface area contributed by atoms with Crippen LogP contribution >= 0.6 is 35.7 Å². The summed E-state index contributed by atoms with van der Waals surface area (Å²) in [6.45, 7) is 3.03. The molecule has 0 aromatic heterocycles. The summed E-state index contributed by atoms with van der Waals surface area (Å²) in [6.07, 6.45) is 0.861. The first-order valence-corrected chi connectivity index (χ1v) is 7.99. The van der Waals surface area contributed by atoms with Crippen molar-refractivity contribution in [3.63, 3.8) is 0 Å². The van der Waals surface area contributed by atoms with E-state index in [2.05, 4.69) is 16.0 Å². The minimum atomic E-state index is 0. The SMILES string of the molecule is I.NC(=NCCc1ccc2c(c1)OCO2)N1CCSCC1. The van der Waals surface area contributed by atoms with Gasteiger partial charge in [0, 0.05) is 31.1 Å².